The maximum atomic E-state index is 4.41. The number of rotatable bonds is 3. The lowest BCUT2D eigenvalue weighted by Gasteiger charge is -2.27. The van der Waals surface area contributed by atoms with Gasteiger partial charge in [0.15, 0.2) is 5.82 Å². The molecule has 0 amide bonds. The van der Waals surface area contributed by atoms with Gasteiger partial charge < -0.3 is 10.2 Å². The zero-order valence-corrected chi connectivity index (χ0v) is 14.4. The van der Waals surface area contributed by atoms with Crippen molar-refractivity contribution in [3.8, 4) is 0 Å². The second-order valence-electron chi connectivity index (χ2n) is 8.28. The summed E-state index contributed by atoms with van der Waals surface area (Å²) >= 11 is 0. The van der Waals surface area contributed by atoms with Gasteiger partial charge in [0.05, 0.1) is 5.69 Å². The van der Waals surface area contributed by atoms with Crippen molar-refractivity contribution in [1.82, 2.24) is 15.5 Å². The molecule has 2 heterocycles. The molecule has 1 aromatic heterocycles. The summed E-state index contributed by atoms with van der Waals surface area (Å²) in [7, 11) is 0. The van der Waals surface area contributed by atoms with Gasteiger partial charge in [-0.3, -0.25) is 0 Å². The van der Waals surface area contributed by atoms with Crippen LogP contribution in [0.5, 0.6) is 0 Å². The zero-order chi connectivity index (χ0) is 15.7. The summed E-state index contributed by atoms with van der Waals surface area (Å²) in [6.07, 6.45) is 1.25. The van der Waals surface area contributed by atoms with Gasteiger partial charge in [-0.05, 0) is 50.7 Å². The van der Waals surface area contributed by atoms with Crippen LogP contribution < -0.4 is 10.2 Å². The van der Waals surface area contributed by atoms with Crippen LogP contribution in [0.3, 0.4) is 0 Å². The zero-order valence-electron chi connectivity index (χ0n) is 14.4. The van der Waals surface area contributed by atoms with E-state index in [0.29, 0.717) is 5.41 Å². The Balaban J connectivity index is 1.94. The molecule has 0 radical (unpaired) electrons. The highest BCUT2D eigenvalue weighted by molar-refractivity contribution is 5.38. The molecule has 21 heavy (non-hydrogen) atoms. The van der Waals surface area contributed by atoms with E-state index in [2.05, 4.69) is 74.1 Å². The second kappa shape index (κ2) is 5.91. The quantitative estimate of drug-likeness (QED) is 0.928. The lowest BCUT2D eigenvalue weighted by Crippen LogP contribution is -2.35. The normalized spacial score (nSPS) is 20.1. The summed E-state index contributed by atoms with van der Waals surface area (Å²) in [5.74, 6) is 1.75. The van der Waals surface area contributed by atoms with E-state index in [1.807, 2.05) is 0 Å². The van der Waals surface area contributed by atoms with Crippen LogP contribution in [0.15, 0.2) is 12.1 Å². The summed E-state index contributed by atoms with van der Waals surface area (Å²) in [4.78, 5) is 2.36. The van der Waals surface area contributed by atoms with Crippen LogP contribution in [0.4, 0.5) is 5.82 Å². The van der Waals surface area contributed by atoms with Crippen LogP contribution in [0, 0.1) is 11.3 Å². The molecular formula is C17H30N4. The molecule has 0 bridgehead atoms. The SMILES string of the molecule is CC(C)(C)NCc1ccc(N2CCC(C(C)(C)C)C2)nn1. The van der Waals surface area contributed by atoms with Gasteiger partial charge in [0, 0.05) is 25.2 Å². The highest BCUT2D eigenvalue weighted by Crippen LogP contribution is 2.34. The van der Waals surface area contributed by atoms with Crippen molar-refractivity contribution in [2.75, 3.05) is 18.0 Å². The van der Waals surface area contributed by atoms with Crippen molar-refractivity contribution in [1.29, 1.82) is 0 Å². The number of hydrogen-bond acceptors (Lipinski definition) is 4. The molecule has 0 aromatic carbocycles. The molecule has 0 saturated carbocycles. The molecular weight excluding hydrogens is 260 g/mol. The van der Waals surface area contributed by atoms with Crippen molar-refractivity contribution in [2.45, 2.75) is 60.0 Å². The van der Waals surface area contributed by atoms with Crippen molar-refractivity contribution in [2.24, 2.45) is 11.3 Å². The molecule has 1 fully saturated rings. The third kappa shape index (κ3) is 4.67. The lowest BCUT2D eigenvalue weighted by molar-refractivity contribution is 0.263. The molecule has 0 aliphatic carbocycles. The smallest absolute Gasteiger partial charge is 0.151 e. The predicted octanol–water partition coefficient (Wildman–Crippen LogP) is 3.24. The fourth-order valence-electron chi connectivity index (χ4n) is 2.65. The summed E-state index contributed by atoms with van der Waals surface area (Å²) < 4.78 is 0. The highest BCUT2D eigenvalue weighted by atomic mass is 15.3. The van der Waals surface area contributed by atoms with Crippen LogP contribution in [0.25, 0.3) is 0 Å². The number of nitrogens with one attached hydrogen (secondary N) is 1. The molecule has 4 heteroatoms. The number of nitrogens with zero attached hydrogens (tertiary/aromatic N) is 3. The Morgan fingerprint density at radius 2 is 1.86 bits per heavy atom. The fraction of sp³-hybridized carbons (Fsp3) is 0.765. The number of hydrogen-bond donors (Lipinski definition) is 1. The van der Waals surface area contributed by atoms with Crippen LogP contribution >= 0.6 is 0 Å². The van der Waals surface area contributed by atoms with Gasteiger partial charge in [-0.1, -0.05) is 20.8 Å². The van der Waals surface area contributed by atoms with Crippen molar-refractivity contribution >= 4 is 5.82 Å². The van der Waals surface area contributed by atoms with E-state index in [1.54, 1.807) is 0 Å². The van der Waals surface area contributed by atoms with Crippen molar-refractivity contribution in [3.63, 3.8) is 0 Å². The maximum Gasteiger partial charge on any atom is 0.151 e. The minimum Gasteiger partial charge on any atom is -0.355 e. The molecule has 1 atom stereocenters. The van der Waals surface area contributed by atoms with Gasteiger partial charge in [0.2, 0.25) is 0 Å². The van der Waals surface area contributed by atoms with E-state index in [4.69, 9.17) is 0 Å². The van der Waals surface area contributed by atoms with Crippen LogP contribution in [0.2, 0.25) is 0 Å². The summed E-state index contributed by atoms with van der Waals surface area (Å²) in [5.41, 5.74) is 1.48. The third-order valence-electron chi connectivity index (χ3n) is 4.24. The van der Waals surface area contributed by atoms with Gasteiger partial charge in [0.25, 0.3) is 0 Å². The molecule has 1 N–H and O–H groups in total. The summed E-state index contributed by atoms with van der Waals surface area (Å²) in [6, 6.07) is 4.20. The van der Waals surface area contributed by atoms with E-state index in [-0.39, 0.29) is 5.54 Å². The first-order chi connectivity index (χ1) is 9.65. The fourth-order valence-corrected chi connectivity index (χ4v) is 2.65. The van der Waals surface area contributed by atoms with Gasteiger partial charge in [-0.15, -0.1) is 5.10 Å². The van der Waals surface area contributed by atoms with Crippen molar-refractivity contribution in [3.05, 3.63) is 17.8 Å². The molecule has 1 unspecified atom stereocenters. The number of anilines is 1. The Morgan fingerprint density at radius 1 is 1.14 bits per heavy atom. The van der Waals surface area contributed by atoms with Gasteiger partial charge in [-0.25, -0.2) is 0 Å². The molecule has 4 nitrogen and oxygen atoms in total. The van der Waals surface area contributed by atoms with E-state index in [1.165, 1.54) is 6.42 Å². The minimum absolute atomic E-state index is 0.106. The Labute approximate surface area is 129 Å². The highest BCUT2D eigenvalue weighted by Gasteiger charge is 2.32. The Hall–Kier alpha value is -1.16. The minimum atomic E-state index is 0.106. The number of aromatic nitrogens is 2. The first-order valence-corrected chi connectivity index (χ1v) is 7.98. The monoisotopic (exact) mass is 290 g/mol. The Bertz CT molecular complexity index is 453. The Kier molecular flexibility index (Phi) is 4.57. The van der Waals surface area contributed by atoms with Gasteiger partial charge in [0.1, 0.15) is 0 Å². The topological polar surface area (TPSA) is 41.0 Å². The first-order valence-electron chi connectivity index (χ1n) is 7.98. The van der Waals surface area contributed by atoms with Gasteiger partial charge in [-0.2, -0.15) is 5.10 Å². The molecule has 0 spiro atoms. The lowest BCUT2D eigenvalue weighted by atomic mass is 9.80. The second-order valence-corrected chi connectivity index (χ2v) is 8.28. The van der Waals surface area contributed by atoms with Crippen molar-refractivity contribution < 1.29 is 0 Å². The molecule has 1 saturated heterocycles. The molecule has 1 aromatic rings. The maximum absolute atomic E-state index is 4.41. The van der Waals surface area contributed by atoms with E-state index < -0.39 is 0 Å². The largest absolute Gasteiger partial charge is 0.355 e. The third-order valence-corrected chi connectivity index (χ3v) is 4.24. The van der Waals surface area contributed by atoms with Gasteiger partial charge >= 0.3 is 0 Å². The van der Waals surface area contributed by atoms with E-state index >= 15 is 0 Å². The van der Waals surface area contributed by atoms with E-state index in [9.17, 15) is 0 Å². The van der Waals surface area contributed by atoms with Crippen LogP contribution in [-0.4, -0.2) is 28.8 Å². The predicted molar refractivity (Wildman–Crippen MR) is 88.4 cm³/mol. The molecule has 1 aliphatic rings. The standard InChI is InChI=1S/C17H30N4/c1-16(2,3)13-9-10-21(12-13)15-8-7-14(19-20-15)11-18-17(4,5)6/h7-8,13,18H,9-12H2,1-6H3. The summed E-state index contributed by atoms with van der Waals surface area (Å²) in [6.45, 7) is 16.4. The first kappa shape index (κ1) is 16.2. The molecule has 118 valence electrons. The average molecular weight is 290 g/mol. The van der Waals surface area contributed by atoms with E-state index in [0.717, 1.165) is 37.1 Å². The molecule has 1 aliphatic heterocycles. The average Bonchev–Trinajstić information content (AvgIpc) is 2.85. The summed E-state index contributed by atoms with van der Waals surface area (Å²) in [5, 5.41) is 12.2. The Morgan fingerprint density at radius 3 is 2.33 bits per heavy atom. The van der Waals surface area contributed by atoms with Crippen LogP contribution in [0.1, 0.15) is 53.7 Å². The van der Waals surface area contributed by atoms with Crippen LogP contribution in [-0.2, 0) is 6.54 Å². The molecule has 2 rings (SSSR count).